The van der Waals surface area contributed by atoms with Crippen molar-refractivity contribution in [1.29, 1.82) is 0 Å². The van der Waals surface area contributed by atoms with Gasteiger partial charge in [-0.25, -0.2) is 4.79 Å². The second-order valence-electron chi connectivity index (χ2n) is 7.77. The number of carbonyl (C=O) groups excluding carboxylic acids is 2. The van der Waals surface area contributed by atoms with Crippen LogP contribution in [0.3, 0.4) is 0 Å². The Labute approximate surface area is 204 Å². The number of rotatable bonds is 7. The van der Waals surface area contributed by atoms with E-state index in [0.717, 1.165) is 11.1 Å². The summed E-state index contributed by atoms with van der Waals surface area (Å²) >= 11 is 3.45. The quantitative estimate of drug-likeness (QED) is 0.196. The van der Waals surface area contributed by atoms with Crippen LogP contribution in [0.2, 0.25) is 0 Å². The molecule has 8 nitrogen and oxygen atoms in total. The maximum absolute atomic E-state index is 12.8. The molecule has 1 aliphatic heterocycles. The first-order valence-corrected chi connectivity index (χ1v) is 11.2. The molecule has 0 unspecified atom stereocenters. The van der Waals surface area contributed by atoms with Crippen molar-refractivity contribution in [3.8, 4) is 5.75 Å². The first kappa shape index (κ1) is 23.2. The minimum atomic E-state index is -0.465. The number of amides is 3. The molecule has 3 aromatic carbocycles. The van der Waals surface area contributed by atoms with Crippen LogP contribution in [0.1, 0.15) is 22.3 Å². The summed E-state index contributed by atoms with van der Waals surface area (Å²) < 4.78 is 6.42. The second kappa shape index (κ2) is 9.88. The summed E-state index contributed by atoms with van der Waals surface area (Å²) in [4.78, 5) is 36.8. The molecule has 172 valence electrons. The number of imide groups is 1. The van der Waals surface area contributed by atoms with Crippen molar-refractivity contribution in [1.82, 2.24) is 10.2 Å². The third-order valence-electron chi connectivity index (χ3n) is 5.21. The predicted octanol–water partition coefficient (Wildman–Crippen LogP) is 5.34. The van der Waals surface area contributed by atoms with E-state index in [1.807, 2.05) is 31.2 Å². The van der Waals surface area contributed by atoms with E-state index in [4.69, 9.17) is 4.74 Å². The van der Waals surface area contributed by atoms with Crippen molar-refractivity contribution in [3.05, 3.63) is 109 Å². The second-order valence-corrected chi connectivity index (χ2v) is 8.62. The van der Waals surface area contributed by atoms with E-state index < -0.39 is 16.9 Å². The average molecular weight is 522 g/mol. The van der Waals surface area contributed by atoms with Gasteiger partial charge in [-0.3, -0.25) is 19.8 Å². The van der Waals surface area contributed by atoms with Crippen LogP contribution in [0.5, 0.6) is 5.75 Å². The molecule has 3 amide bonds. The summed E-state index contributed by atoms with van der Waals surface area (Å²) in [7, 11) is 0. The Morgan fingerprint density at radius 1 is 1.06 bits per heavy atom. The van der Waals surface area contributed by atoms with Gasteiger partial charge in [0, 0.05) is 12.1 Å². The molecule has 1 fully saturated rings. The highest BCUT2D eigenvalue weighted by molar-refractivity contribution is 9.10. The molecule has 9 heteroatoms. The Kier molecular flexibility index (Phi) is 6.74. The molecule has 0 spiro atoms. The van der Waals surface area contributed by atoms with Gasteiger partial charge in [-0.05, 0) is 57.8 Å². The minimum Gasteiger partial charge on any atom is -0.488 e. The number of hydrogen-bond donors (Lipinski definition) is 1. The number of nitrogens with one attached hydrogen (secondary N) is 1. The summed E-state index contributed by atoms with van der Waals surface area (Å²) in [5.74, 6) is 0.143. The van der Waals surface area contributed by atoms with Gasteiger partial charge in [0.05, 0.1) is 15.9 Å². The molecule has 1 aliphatic rings. The fourth-order valence-electron chi connectivity index (χ4n) is 3.40. The molecule has 3 aromatic rings. The first-order valence-electron chi connectivity index (χ1n) is 10.4. The monoisotopic (exact) mass is 521 g/mol. The van der Waals surface area contributed by atoms with E-state index in [2.05, 4.69) is 21.2 Å². The molecule has 0 radical (unpaired) electrons. The van der Waals surface area contributed by atoms with E-state index in [0.29, 0.717) is 21.3 Å². The predicted molar refractivity (Wildman–Crippen MR) is 130 cm³/mol. The lowest BCUT2D eigenvalue weighted by atomic mass is 10.1. The smallest absolute Gasteiger partial charge is 0.329 e. The normalized spacial score (nSPS) is 14.4. The van der Waals surface area contributed by atoms with Crippen molar-refractivity contribution >= 4 is 39.6 Å². The molecule has 1 heterocycles. The van der Waals surface area contributed by atoms with Crippen LogP contribution in [-0.2, 0) is 17.9 Å². The van der Waals surface area contributed by atoms with Crippen LogP contribution in [0, 0.1) is 17.0 Å². The third kappa shape index (κ3) is 5.32. The Morgan fingerprint density at radius 2 is 1.82 bits per heavy atom. The van der Waals surface area contributed by atoms with E-state index in [9.17, 15) is 19.7 Å². The SMILES string of the molecule is Cc1ccc(CN2C(=O)N/C(=C/c3ccc(OCc4cccc([N+](=O)[O-])c4)c(Br)c3)C2=O)cc1. The van der Waals surface area contributed by atoms with Gasteiger partial charge in [-0.1, -0.05) is 48.0 Å². The highest BCUT2D eigenvalue weighted by atomic mass is 79.9. The fraction of sp³-hybridized carbons (Fsp3) is 0.120. The molecule has 1 saturated heterocycles. The number of nitro groups is 1. The van der Waals surface area contributed by atoms with Crippen LogP contribution >= 0.6 is 15.9 Å². The van der Waals surface area contributed by atoms with Gasteiger partial charge in [-0.2, -0.15) is 0 Å². The summed E-state index contributed by atoms with van der Waals surface area (Å²) in [5, 5.41) is 13.6. The van der Waals surface area contributed by atoms with Crippen LogP contribution in [0.4, 0.5) is 10.5 Å². The van der Waals surface area contributed by atoms with Crippen LogP contribution in [-0.4, -0.2) is 21.8 Å². The van der Waals surface area contributed by atoms with Gasteiger partial charge >= 0.3 is 6.03 Å². The zero-order valence-corrected chi connectivity index (χ0v) is 19.7. The van der Waals surface area contributed by atoms with Crippen LogP contribution < -0.4 is 10.1 Å². The Morgan fingerprint density at radius 3 is 2.53 bits per heavy atom. The number of halogens is 1. The number of aryl methyl sites for hydroxylation is 1. The van der Waals surface area contributed by atoms with E-state index in [1.54, 1.807) is 36.4 Å². The average Bonchev–Trinajstić information content (AvgIpc) is 3.07. The topological polar surface area (TPSA) is 102 Å². The third-order valence-corrected chi connectivity index (χ3v) is 5.83. The molecule has 0 saturated carbocycles. The standard InChI is InChI=1S/C25H20BrN3O5/c1-16-5-7-17(8-6-16)14-28-24(30)22(27-25(28)31)13-18-9-10-23(21(26)12-18)34-15-19-3-2-4-20(11-19)29(32)33/h2-13H,14-15H2,1H3,(H,27,31)/b22-13+. The molecule has 0 aliphatic carbocycles. The molecular weight excluding hydrogens is 502 g/mol. The number of nitro benzene ring substituents is 1. The molecule has 0 aromatic heterocycles. The van der Waals surface area contributed by atoms with Gasteiger partial charge < -0.3 is 10.1 Å². The fourth-order valence-corrected chi connectivity index (χ4v) is 3.91. The van der Waals surface area contributed by atoms with Gasteiger partial charge in [0.2, 0.25) is 0 Å². The summed E-state index contributed by atoms with van der Waals surface area (Å²) in [6.45, 7) is 2.32. The highest BCUT2D eigenvalue weighted by Crippen LogP contribution is 2.28. The van der Waals surface area contributed by atoms with Crippen molar-refractivity contribution < 1.29 is 19.2 Å². The number of non-ortho nitro benzene ring substituents is 1. The lowest BCUT2D eigenvalue weighted by Crippen LogP contribution is -2.30. The van der Waals surface area contributed by atoms with Crippen molar-refractivity contribution in [2.24, 2.45) is 0 Å². The minimum absolute atomic E-state index is 0.00170. The van der Waals surface area contributed by atoms with E-state index in [-0.39, 0.29) is 24.5 Å². The highest BCUT2D eigenvalue weighted by Gasteiger charge is 2.33. The molecule has 4 rings (SSSR count). The van der Waals surface area contributed by atoms with E-state index >= 15 is 0 Å². The number of carbonyl (C=O) groups is 2. The first-order chi connectivity index (χ1) is 16.3. The zero-order chi connectivity index (χ0) is 24.2. The summed E-state index contributed by atoms with van der Waals surface area (Å²) in [6, 6.07) is 18.7. The molecule has 0 bridgehead atoms. The molecular formula is C25H20BrN3O5. The lowest BCUT2D eigenvalue weighted by molar-refractivity contribution is -0.384. The van der Waals surface area contributed by atoms with Gasteiger partial charge in [-0.15, -0.1) is 0 Å². The molecule has 1 N–H and O–H groups in total. The number of benzene rings is 3. The van der Waals surface area contributed by atoms with Gasteiger partial charge in [0.25, 0.3) is 11.6 Å². The molecule has 0 atom stereocenters. The zero-order valence-electron chi connectivity index (χ0n) is 18.2. The maximum Gasteiger partial charge on any atom is 0.329 e. The number of hydrogen-bond acceptors (Lipinski definition) is 5. The summed E-state index contributed by atoms with van der Waals surface area (Å²) in [6.07, 6.45) is 1.60. The number of ether oxygens (including phenoxy) is 1. The number of urea groups is 1. The maximum atomic E-state index is 12.8. The van der Waals surface area contributed by atoms with Crippen molar-refractivity contribution in [3.63, 3.8) is 0 Å². The Bertz CT molecular complexity index is 1300. The largest absolute Gasteiger partial charge is 0.488 e. The van der Waals surface area contributed by atoms with Crippen molar-refractivity contribution in [2.45, 2.75) is 20.1 Å². The number of nitrogens with zero attached hydrogens (tertiary/aromatic N) is 2. The summed E-state index contributed by atoms with van der Waals surface area (Å²) in [5.41, 5.74) is 3.51. The lowest BCUT2D eigenvalue weighted by Gasteiger charge is -2.12. The van der Waals surface area contributed by atoms with Crippen molar-refractivity contribution in [2.75, 3.05) is 0 Å². The van der Waals surface area contributed by atoms with Crippen LogP contribution in [0.15, 0.2) is 76.9 Å². The Balaban J connectivity index is 1.44. The van der Waals surface area contributed by atoms with E-state index in [1.165, 1.54) is 17.0 Å². The molecule has 34 heavy (non-hydrogen) atoms. The Hall–Kier alpha value is -3.98. The van der Waals surface area contributed by atoms with Gasteiger partial charge in [0.15, 0.2) is 0 Å². The van der Waals surface area contributed by atoms with Crippen LogP contribution in [0.25, 0.3) is 6.08 Å². The van der Waals surface area contributed by atoms with Gasteiger partial charge in [0.1, 0.15) is 18.1 Å².